The molecule has 4 nitrogen and oxygen atoms in total. The molecule has 0 aliphatic rings. The third kappa shape index (κ3) is 4.54. The Balaban J connectivity index is 4.85. The average molecular weight is 246 g/mol. The van der Waals surface area contributed by atoms with E-state index in [-0.39, 0.29) is 5.54 Å². The highest BCUT2D eigenvalue weighted by Crippen LogP contribution is 2.25. The fourth-order valence-corrected chi connectivity index (χ4v) is 2.18. The first-order chi connectivity index (χ1) is 7.93. The number of hydrogen-bond acceptors (Lipinski definition) is 4. The van der Waals surface area contributed by atoms with Crippen LogP contribution in [0.5, 0.6) is 0 Å². The van der Waals surface area contributed by atoms with Crippen LogP contribution in [0.3, 0.4) is 0 Å². The molecule has 0 spiro atoms. The molecule has 0 aromatic heterocycles. The van der Waals surface area contributed by atoms with Crippen LogP contribution < -0.4 is 5.73 Å². The fraction of sp³-hybridized carbons (Fsp3) is 1.00. The zero-order chi connectivity index (χ0) is 13.5. The van der Waals surface area contributed by atoms with E-state index in [1.807, 2.05) is 0 Å². The molecular formula is C13H30N2O2. The molecule has 0 bridgehead atoms. The van der Waals surface area contributed by atoms with E-state index in [0.717, 1.165) is 13.2 Å². The maximum atomic E-state index is 5.99. The van der Waals surface area contributed by atoms with E-state index >= 15 is 0 Å². The summed E-state index contributed by atoms with van der Waals surface area (Å²) in [5.41, 5.74) is 5.97. The van der Waals surface area contributed by atoms with Gasteiger partial charge in [-0.1, -0.05) is 13.8 Å². The van der Waals surface area contributed by atoms with E-state index in [9.17, 15) is 0 Å². The van der Waals surface area contributed by atoms with E-state index < -0.39 is 0 Å². The van der Waals surface area contributed by atoms with Crippen molar-refractivity contribution in [1.82, 2.24) is 4.90 Å². The summed E-state index contributed by atoms with van der Waals surface area (Å²) in [6.45, 7) is 11.8. The first kappa shape index (κ1) is 16.8. The highest BCUT2D eigenvalue weighted by Gasteiger charge is 2.36. The van der Waals surface area contributed by atoms with Gasteiger partial charge in [-0.3, -0.25) is 4.90 Å². The van der Waals surface area contributed by atoms with Gasteiger partial charge in [-0.05, 0) is 19.8 Å². The molecule has 0 saturated heterocycles. The van der Waals surface area contributed by atoms with Crippen LogP contribution >= 0.6 is 0 Å². The molecule has 0 amide bonds. The number of methoxy groups -OCH3 is 2. The van der Waals surface area contributed by atoms with Crippen molar-refractivity contribution in [3.05, 3.63) is 0 Å². The van der Waals surface area contributed by atoms with Crippen LogP contribution in [0.2, 0.25) is 0 Å². The van der Waals surface area contributed by atoms with E-state index in [0.29, 0.717) is 25.1 Å². The van der Waals surface area contributed by atoms with E-state index in [4.69, 9.17) is 15.2 Å². The SMILES string of the molecule is COCCN(C(C)COC)C(C)(CN)C(C)C. The minimum atomic E-state index is -0.0174. The molecule has 0 aromatic rings. The molecule has 4 heteroatoms. The molecule has 0 aromatic carbocycles. The Labute approximate surface area is 106 Å². The second kappa shape index (κ2) is 8.03. The van der Waals surface area contributed by atoms with Crippen LogP contribution in [0.25, 0.3) is 0 Å². The molecule has 0 rings (SSSR count). The second-order valence-corrected chi connectivity index (χ2v) is 5.21. The molecule has 0 aliphatic heterocycles. The molecule has 0 saturated carbocycles. The smallest absolute Gasteiger partial charge is 0.0615 e. The summed E-state index contributed by atoms with van der Waals surface area (Å²) in [4.78, 5) is 2.41. The summed E-state index contributed by atoms with van der Waals surface area (Å²) < 4.78 is 10.5. The Morgan fingerprint density at radius 2 is 1.76 bits per heavy atom. The third-order valence-corrected chi connectivity index (χ3v) is 3.79. The lowest BCUT2D eigenvalue weighted by molar-refractivity contribution is -0.0140. The van der Waals surface area contributed by atoms with Gasteiger partial charge >= 0.3 is 0 Å². The topological polar surface area (TPSA) is 47.7 Å². The monoisotopic (exact) mass is 246 g/mol. The molecule has 104 valence electrons. The molecule has 0 aliphatic carbocycles. The van der Waals surface area contributed by atoms with Crippen molar-refractivity contribution in [1.29, 1.82) is 0 Å². The molecule has 2 N–H and O–H groups in total. The maximum Gasteiger partial charge on any atom is 0.0615 e. The Bertz CT molecular complexity index is 200. The number of nitrogens with zero attached hydrogens (tertiary/aromatic N) is 1. The second-order valence-electron chi connectivity index (χ2n) is 5.21. The fourth-order valence-electron chi connectivity index (χ4n) is 2.18. The van der Waals surface area contributed by atoms with Crippen molar-refractivity contribution in [3.63, 3.8) is 0 Å². The lowest BCUT2D eigenvalue weighted by Gasteiger charge is -2.47. The molecular weight excluding hydrogens is 216 g/mol. The minimum Gasteiger partial charge on any atom is -0.383 e. The van der Waals surface area contributed by atoms with Gasteiger partial charge in [0.2, 0.25) is 0 Å². The molecule has 17 heavy (non-hydrogen) atoms. The van der Waals surface area contributed by atoms with E-state index in [1.165, 1.54) is 0 Å². The molecule has 0 radical (unpaired) electrons. The first-order valence-electron chi connectivity index (χ1n) is 6.38. The van der Waals surface area contributed by atoms with Crippen LogP contribution in [-0.2, 0) is 9.47 Å². The van der Waals surface area contributed by atoms with E-state index in [2.05, 4.69) is 32.6 Å². The lowest BCUT2D eigenvalue weighted by Crippen LogP contribution is -2.60. The Morgan fingerprint density at radius 1 is 1.18 bits per heavy atom. The minimum absolute atomic E-state index is 0.0174. The van der Waals surface area contributed by atoms with Crippen molar-refractivity contribution in [3.8, 4) is 0 Å². The largest absolute Gasteiger partial charge is 0.383 e. The zero-order valence-electron chi connectivity index (χ0n) is 12.3. The van der Waals surface area contributed by atoms with E-state index in [1.54, 1.807) is 14.2 Å². The van der Waals surface area contributed by atoms with Crippen molar-refractivity contribution in [2.45, 2.75) is 39.3 Å². The summed E-state index contributed by atoms with van der Waals surface area (Å²) in [6.07, 6.45) is 0. The van der Waals surface area contributed by atoms with Crippen molar-refractivity contribution < 1.29 is 9.47 Å². The zero-order valence-corrected chi connectivity index (χ0v) is 12.3. The number of nitrogens with two attached hydrogens (primary N) is 1. The van der Waals surface area contributed by atoms with Crippen LogP contribution in [0.15, 0.2) is 0 Å². The van der Waals surface area contributed by atoms with Gasteiger partial charge in [0.1, 0.15) is 0 Å². The van der Waals surface area contributed by atoms with Gasteiger partial charge in [-0.25, -0.2) is 0 Å². The number of rotatable bonds is 9. The Hall–Kier alpha value is -0.160. The number of ether oxygens (including phenoxy) is 2. The normalized spacial score (nSPS) is 17.5. The maximum absolute atomic E-state index is 5.99. The lowest BCUT2D eigenvalue weighted by atomic mass is 9.85. The molecule has 2 atom stereocenters. The Morgan fingerprint density at radius 3 is 2.12 bits per heavy atom. The van der Waals surface area contributed by atoms with Gasteiger partial charge in [-0.2, -0.15) is 0 Å². The van der Waals surface area contributed by atoms with Crippen molar-refractivity contribution in [2.24, 2.45) is 11.7 Å². The third-order valence-electron chi connectivity index (χ3n) is 3.79. The quantitative estimate of drug-likeness (QED) is 0.667. The predicted molar refractivity (Wildman–Crippen MR) is 72.2 cm³/mol. The van der Waals surface area contributed by atoms with Crippen LogP contribution in [0.1, 0.15) is 27.7 Å². The average Bonchev–Trinajstić information content (AvgIpc) is 2.29. The summed E-state index contributed by atoms with van der Waals surface area (Å²) in [6, 6.07) is 0.339. The van der Waals surface area contributed by atoms with Crippen molar-refractivity contribution >= 4 is 0 Å². The van der Waals surface area contributed by atoms with Gasteiger partial charge in [0.05, 0.1) is 13.2 Å². The van der Waals surface area contributed by atoms with Gasteiger partial charge in [0.15, 0.2) is 0 Å². The predicted octanol–water partition coefficient (Wildman–Crippen LogP) is 1.34. The Kier molecular flexibility index (Phi) is 7.96. The standard InChI is InChI=1S/C13H30N2O2/c1-11(2)13(4,10-14)15(7-8-16-5)12(3)9-17-6/h11-12H,7-10,14H2,1-6H3. The molecule has 0 fully saturated rings. The number of hydrogen-bond donors (Lipinski definition) is 1. The highest BCUT2D eigenvalue weighted by atomic mass is 16.5. The molecule has 2 unspecified atom stereocenters. The van der Waals surface area contributed by atoms with Gasteiger partial charge in [-0.15, -0.1) is 0 Å². The summed E-state index contributed by atoms with van der Waals surface area (Å²) in [5.74, 6) is 0.490. The highest BCUT2D eigenvalue weighted by molar-refractivity contribution is 4.92. The summed E-state index contributed by atoms with van der Waals surface area (Å²) in [5, 5.41) is 0. The molecule has 0 heterocycles. The van der Waals surface area contributed by atoms with Crippen LogP contribution in [0, 0.1) is 5.92 Å². The van der Waals surface area contributed by atoms with Crippen molar-refractivity contribution in [2.75, 3.05) is 40.5 Å². The van der Waals surface area contributed by atoms with Crippen LogP contribution in [0.4, 0.5) is 0 Å². The van der Waals surface area contributed by atoms with Gasteiger partial charge < -0.3 is 15.2 Å². The van der Waals surface area contributed by atoms with Crippen LogP contribution in [-0.4, -0.2) is 57.0 Å². The van der Waals surface area contributed by atoms with Gasteiger partial charge in [0, 0.05) is 38.9 Å². The summed E-state index contributed by atoms with van der Waals surface area (Å²) >= 11 is 0. The van der Waals surface area contributed by atoms with Gasteiger partial charge in [0.25, 0.3) is 0 Å². The first-order valence-corrected chi connectivity index (χ1v) is 6.38. The summed E-state index contributed by atoms with van der Waals surface area (Å²) in [7, 11) is 3.47.